The van der Waals surface area contributed by atoms with Crippen molar-refractivity contribution in [2.75, 3.05) is 15.9 Å². The Labute approximate surface area is 170 Å². The minimum absolute atomic E-state index is 0.0210. The van der Waals surface area contributed by atoms with Gasteiger partial charge in [-0.25, -0.2) is 8.42 Å². The lowest BCUT2D eigenvalue weighted by Crippen LogP contribution is -2.45. The number of nitrogens with zero attached hydrogens (tertiary/aromatic N) is 4. The van der Waals surface area contributed by atoms with Gasteiger partial charge in [0.1, 0.15) is 6.04 Å². The van der Waals surface area contributed by atoms with E-state index < -0.39 is 26.9 Å². The summed E-state index contributed by atoms with van der Waals surface area (Å²) in [6, 6.07) is 3.93. The Morgan fingerprint density at radius 1 is 1.32 bits per heavy atom. The Bertz CT molecular complexity index is 976. The number of nitro groups is 1. The molecule has 0 aliphatic heterocycles. The summed E-state index contributed by atoms with van der Waals surface area (Å²) < 4.78 is 26.1. The molecule has 0 radical (unpaired) electrons. The van der Waals surface area contributed by atoms with Gasteiger partial charge in [0.15, 0.2) is 4.34 Å². The number of carbonyl (C=O) groups is 1. The van der Waals surface area contributed by atoms with Gasteiger partial charge in [0.05, 0.1) is 16.9 Å². The highest BCUT2D eigenvalue weighted by Gasteiger charge is 2.30. The van der Waals surface area contributed by atoms with E-state index >= 15 is 0 Å². The number of amides is 1. The largest absolute Gasteiger partial charge is 0.299 e. The number of benzene rings is 1. The van der Waals surface area contributed by atoms with Gasteiger partial charge in [-0.15, -0.1) is 10.2 Å². The zero-order valence-corrected chi connectivity index (χ0v) is 18.0. The van der Waals surface area contributed by atoms with Gasteiger partial charge in [0.25, 0.3) is 5.69 Å². The first-order valence-corrected chi connectivity index (χ1v) is 11.6. The van der Waals surface area contributed by atoms with Crippen molar-refractivity contribution < 1.29 is 18.1 Å². The highest BCUT2D eigenvalue weighted by Crippen LogP contribution is 2.29. The first-order valence-electron chi connectivity index (χ1n) is 8.04. The van der Waals surface area contributed by atoms with Crippen molar-refractivity contribution in [3.63, 3.8) is 0 Å². The van der Waals surface area contributed by atoms with Gasteiger partial charge in [0.2, 0.25) is 21.1 Å². The number of sulfonamides is 1. The molecule has 0 aliphatic rings. The number of hydrogen-bond donors (Lipinski definition) is 1. The summed E-state index contributed by atoms with van der Waals surface area (Å²) in [7, 11) is -3.89. The molecule has 0 spiro atoms. The second-order valence-electron chi connectivity index (χ2n) is 6.04. The second-order valence-corrected chi connectivity index (χ2v) is 10.7. The summed E-state index contributed by atoms with van der Waals surface area (Å²) >= 11 is 2.67. The van der Waals surface area contributed by atoms with Crippen LogP contribution in [0, 0.1) is 10.1 Å². The van der Waals surface area contributed by atoms with Crippen molar-refractivity contribution in [1.82, 2.24) is 10.2 Å². The third-order valence-electron chi connectivity index (χ3n) is 3.36. The summed E-state index contributed by atoms with van der Waals surface area (Å²) in [5, 5.41) is 21.9. The maximum absolute atomic E-state index is 12.6. The molecule has 1 amide bonds. The molecule has 1 aromatic heterocycles. The number of rotatable bonds is 8. The molecule has 2 rings (SSSR count). The van der Waals surface area contributed by atoms with Gasteiger partial charge in [-0.05, 0) is 13.0 Å². The van der Waals surface area contributed by atoms with E-state index in [0.717, 1.165) is 16.6 Å². The summed E-state index contributed by atoms with van der Waals surface area (Å²) in [5.74, 6) is -0.630. The zero-order valence-electron chi connectivity index (χ0n) is 15.5. The van der Waals surface area contributed by atoms with Crippen LogP contribution < -0.4 is 9.62 Å². The lowest BCUT2D eigenvalue weighted by molar-refractivity contribution is -0.384. The van der Waals surface area contributed by atoms with Crippen molar-refractivity contribution in [2.45, 2.75) is 36.4 Å². The standard InChI is InChI=1S/C15H19N5O5S3/c1-9(2)26-15-18-17-14(27-15)16-13(21)10(3)19(28(4,24)25)11-6-5-7-12(8-11)20(22)23/h5-10H,1-4H3,(H,16,17,21)/t10-/m0/s1. The van der Waals surface area contributed by atoms with E-state index in [4.69, 9.17) is 0 Å². The SMILES string of the molecule is CC(C)Sc1nnc(NC(=O)[C@H](C)N(c2cccc([N+](=O)[O-])c2)S(C)(=O)=O)s1. The predicted molar refractivity (Wildman–Crippen MR) is 109 cm³/mol. The minimum Gasteiger partial charge on any atom is -0.299 e. The van der Waals surface area contributed by atoms with E-state index in [1.807, 2.05) is 13.8 Å². The number of non-ortho nitro benzene ring substituents is 1. The summed E-state index contributed by atoms with van der Waals surface area (Å²) in [4.78, 5) is 23.0. The molecule has 0 bridgehead atoms. The average molecular weight is 446 g/mol. The topological polar surface area (TPSA) is 135 Å². The van der Waals surface area contributed by atoms with Gasteiger partial charge >= 0.3 is 0 Å². The quantitative estimate of drug-likeness (QED) is 0.283. The molecule has 10 nitrogen and oxygen atoms in total. The van der Waals surface area contributed by atoms with Crippen LogP contribution in [-0.4, -0.2) is 47.0 Å². The van der Waals surface area contributed by atoms with E-state index in [1.165, 1.54) is 48.2 Å². The number of carbonyl (C=O) groups excluding carboxylic acids is 1. The molecule has 1 atom stereocenters. The van der Waals surface area contributed by atoms with E-state index in [1.54, 1.807) is 0 Å². The molecular weight excluding hydrogens is 426 g/mol. The van der Waals surface area contributed by atoms with Crippen molar-refractivity contribution in [1.29, 1.82) is 0 Å². The normalized spacial score (nSPS) is 12.6. The number of aromatic nitrogens is 2. The van der Waals surface area contributed by atoms with Crippen molar-refractivity contribution in [3.8, 4) is 0 Å². The first kappa shape index (κ1) is 22.0. The first-order chi connectivity index (χ1) is 13.0. The molecule has 1 aromatic carbocycles. The van der Waals surface area contributed by atoms with E-state index in [9.17, 15) is 23.3 Å². The molecule has 28 heavy (non-hydrogen) atoms. The maximum Gasteiger partial charge on any atom is 0.271 e. The Morgan fingerprint density at radius 2 is 2.00 bits per heavy atom. The number of nitro benzene ring substituents is 1. The van der Waals surface area contributed by atoms with E-state index in [0.29, 0.717) is 9.59 Å². The summed E-state index contributed by atoms with van der Waals surface area (Å²) in [5.41, 5.74) is -0.258. The molecule has 0 saturated heterocycles. The molecule has 1 heterocycles. The zero-order chi connectivity index (χ0) is 21.1. The van der Waals surface area contributed by atoms with Crippen LogP contribution in [0.4, 0.5) is 16.5 Å². The molecule has 0 aliphatic carbocycles. The Morgan fingerprint density at radius 3 is 2.57 bits per heavy atom. The fraction of sp³-hybridized carbons (Fsp3) is 0.400. The third kappa shape index (κ3) is 5.62. The van der Waals surface area contributed by atoms with Crippen molar-refractivity contribution in [3.05, 3.63) is 34.4 Å². The Kier molecular flexibility index (Phi) is 6.96. The smallest absolute Gasteiger partial charge is 0.271 e. The van der Waals surface area contributed by atoms with Crippen molar-refractivity contribution >= 4 is 55.5 Å². The van der Waals surface area contributed by atoms with Crippen molar-refractivity contribution in [2.24, 2.45) is 0 Å². The second kappa shape index (κ2) is 8.84. The highest BCUT2D eigenvalue weighted by molar-refractivity contribution is 8.01. The predicted octanol–water partition coefficient (Wildman–Crippen LogP) is 2.74. The van der Waals surface area contributed by atoms with Crippen LogP contribution in [0.2, 0.25) is 0 Å². The molecule has 13 heteroatoms. The van der Waals surface area contributed by atoms with Crippen LogP contribution in [0.5, 0.6) is 0 Å². The lowest BCUT2D eigenvalue weighted by Gasteiger charge is -2.27. The van der Waals surface area contributed by atoms with E-state index in [2.05, 4.69) is 15.5 Å². The van der Waals surface area contributed by atoms with Gasteiger partial charge in [-0.2, -0.15) is 0 Å². The monoisotopic (exact) mass is 445 g/mol. The maximum atomic E-state index is 12.6. The average Bonchev–Trinajstić information content (AvgIpc) is 2.99. The number of hydrogen-bond acceptors (Lipinski definition) is 9. The van der Waals surface area contributed by atoms with Crippen LogP contribution >= 0.6 is 23.1 Å². The van der Waals surface area contributed by atoms with Gasteiger partial charge in [-0.3, -0.25) is 24.5 Å². The molecular formula is C15H19N5O5S3. The lowest BCUT2D eigenvalue weighted by atomic mass is 10.2. The minimum atomic E-state index is -3.89. The van der Waals surface area contributed by atoms with Gasteiger partial charge in [0, 0.05) is 17.4 Å². The number of thioether (sulfide) groups is 1. The summed E-state index contributed by atoms with van der Waals surface area (Å²) in [6.07, 6.45) is 0.929. The van der Waals surface area contributed by atoms with Gasteiger partial charge < -0.3 is 0 Å². The third-order valence-corrected chi connectivity index (χ3v) is 6.52. The number of nitrogens with one attached hydrogen (secondary N) is 1. The molecule has 152 valence electrons. The molecule has 0 saturated carbocycles. The molecule has 0 unspecified atom stereocenters. The number of anilines is 2. The van der Waals surface area contributed by atoms with Gasteiger partial charge in [-0.1, -0.05) is 43.0 Å². The van der Waals surface area contributed by atoms with Crippen LogP contribution in [0.25, 0.3) is 0 Å². The fourth-order valence-electron chi connectivity index (χ4n) is 2.27. The Balaban J connectivity index is 2.27. The summed E-state index contributed by atoms with van der Waals surface area (Å²) in [6.45, 7) is 5.38. The van der Waals surface area contributed by atoms with E-state index in [-0.39, 0.29) is 16.5 Å². The van der Waals surface area contributed by atoms with Crippen LogP contribution in [0.15, 0.2) is 28.6 Å². The molecule has 0 fully saturated rings. The van der Waals surface area contributed by atoms with Crippen LogP contribution in [-0.2, 0) is 14.8 Å². The molecule has 2 aromatic rings. The van der Waals surface area contributed by atoms with Crippen LogP contribution in [0.1, 0.15) is 20.8 Å². The highest BCUT2D eigenvalue weighted by atomic mass is 32.2. The Hall–Kier alpha value is -2.25. The molecule has 1 N–H and O–H groups in total. The van der Waals surface area contributed by atoms with Crippen LogP contribution in [0.3, 0.4) is 0 Å². The fourth-order valence-corrected chi connectivity index (χ4v) is 5.42.